The molecule has 0 radical (unpaired) electrons. The van der Waals surface area contributed by atoms with Crippen molar-refractivity contribution in [2.24, 2.45) is 11.8 Å². The highest BCUT2D eigenvalue weighted by molar-refractivity contribution is 4.55. The molecule has 0 bridgehead atoms. The molecule has 0 amide bonds. The van der Waals surface area contributed by atoms with E-state index in [0.717, 1.165) is 25.0 Å². The molecule has 0 N–H and O–H groups in total. The molecular weight excluding hydrogens is 184 g/mol. The van der Waals surface area contributed by atoms with E-state index in [2.05, 4.69) is 27.7 Å². The van der Waals surface area contributed by atoms with Gasteiger partial charge in [0.1, 0.15) is 0 Å². The Morgan fingerprint density at radius 3 is 2.20 bits per heavy atom. The van der Waals surface area contributed by atoms with Crippen LogP contribution in [0, 0.1) is 11.8 Å². The number of hydrogen-bond acceptors (Lipinski definition) is 1. The Balaban J connectivity index is 3.15. The van der Waals surface area contributed by atoms with Gasteiger partial charge in [-0.3, -0.25) is 0 Å². The van der Waals surface area contributed by atoms with Gasteiger partial charge in [-0.15, -0.1) is 0 Å². The lowest BCUT2D eigenvalue weighted by Gasteiger charge is -2.12. The maximum Gasteiger partial charge on any atom is 0.0468 e. The lowest BCUT2D eigenvalue weighted by Crippen LogP contribution is -2.03. The predicted molar refractivity (Wildman–Crippen MR) is 68.2 cm³/mol. The average Bonchev–Trinajstić information content (AvgIpc) is 2.17. The van der Waals surface area contributed by atoms with Gasteiger partial charge in [-0.1, -0.05) is 53.4 Å². The summed E-state index contributed by atoms with van der Waals surface area (Å²) in [6.45, 7) is 11.1. The first-order valence-electron chi connectivity index (χ1n) is 6.74. The van der Waals surface area contributed by atoms with Gasteiger partial charge in [-0.05, 0) is 24.7 Å². The van der Waals surface area contributed by atoms with Crippen LogP contribution in [-0.4, -0.2) is 13.2 Å². The van der Waals surface area contributed by atoms with E-state index in [1.165, 1.54) is 38.5 Å². The zero-order valence-corrected chi connectivity index (χ0v) is 11.2. The Bertz CT molecular complexity index is 121. The molecule has 15 heavy (non-hydrogen) atoms. The summed E-state index contributed by atoms with van der Waals surface area (Å²) in [4.78, 5) is 0. The molecule has 0 aromatic rings. The minimum Gasteiger partial charge on any atom is -0.381 e. The fourth-order valence-corrected chi connectivity index (χ4v) is 1.65. The molecule has 0 saturated heterocycles. The maximum atomic E-state index is 5.57. The summed E-state index contributed by atoms with van der Waals surface area (Å²) < 4.78 is 5.57. The van der Waals surface area contributed by atoms with Gasteiger partial charge in [0, 0.05) is 13.2 Å². The molecule has 1 heteroatoms. The molecule has 1 nitrogen and oxygen atoms in total. The molecule has 0 aliphatic heterocycles. The van der Waals surface area contributed by atoms with Crippen molar-refractivity contribution in [3.8, 4) is 0 Å². The maximum absolute atomic E-state index is 5.57. The third-order valence-corrected chi connectivity index (χ3v) is 2.88. The normalized spacial score (nSPS) is 13.4. The molecule has 0 heterocycles. The van der Waals surface area contributed by atoms with Crippen LogP contribution in [0.3, 0.4) is 0 Å². The lowest BCUT2D eigenvalue weighted by atomic mass is 9.98. The Morgan fingerprint density at radius 1 is 0.867 bits per heavy atom. The van der Waals surface area contributed by atoms with E-state index in [1.54, 1.807) is 0 Å². The average molecular weight is 214 g/mol. The van der Waals surface area contributed by atoms with Crippen LogP contribution in [0.25, 0.3) is 0 Å². The summed E-state index contributed by atoms with van der Waals surface area (Å²) in [6, 6.07) is 0. The number of rotatable bonds is 10. The van der Waals surface area contributed by atoms with E-state index in [4.69, 9.17) is 4.74 Å². The Kier molecular flexibility index (Phi) is 10.4. The quantitative estimate of drug-likeness (QED) is 0.481. The molecule has 0 aliphatic rings. The smallest absolute Gasteiger partial charge is 0.0468 e. The van der Waals surface area contributed by atoms with Gasteiger partial charge in [-0.25, -0.2) is 0 Å². The van der Waals surface area contributed by atoms with Crippen LogP contribution < -0.4 is 0 Å². The van der Waals surface area contributed by atoms with Crippen molar-refractivity contribution in [3.63, 3.8) is 0 Å². The molecular formula is C14H30O. The molecule has 0 spiro atoms. The van der Waals surface area contributed by atoms with Gasteiger partial charge in [0.25, 0.3) is 0 Å². The van der Waals surface area contributed by atoms with Crippen LogP contribution in [0.15, 0.2) is 0 Å². The molecule has 1 atom stereocenters. The van der Waals surface area contributed by atoms with E-state index < -0.39 is 0 Å². The molecule has 0 aromatic carbocycles. The highest BCUT2D eigenvalue weighted by Gasteiger charge is 2.02. The van der Waals surface area contributed by atoms with Crippen LogP contribution in [0.2, 0.25) is 0 Å². The van der Waals surface area contributed by atoms with Crippen molar-refractivity contribution in [2.45, 2.75) is 66.2 Å². The second-order valence-corrected chi connectivity index (χ2v) is 5.18. The van der Waals surface area contributed by atoms with Crippen LogP contribution in [0.1, 0.15) is 66.2 Å². The number of unbranched alkanes of at least 4 members (excludes halogenated alkanes) is 1. The van der Waals surface area contributed by atoms with E-state index >= 15 is 0 Å². The van der Waals surface area contributed by atoms with E-state index in [9.17, 15) is 0 Å². The standard InChI is InChI=1S/C14H30O/c1-5-6-11-15-12-10-14(4)9-7-8-13(2)3/h13-14H,5-12H2,1-4H3. The SMILES string of the molecule is CCCCOCCC(C)CCCC(C)C. The zero-order chi connectivity index (χ0) is 11.5. The summed E-state index contributed by atoms with van der Waals surface area (Å²) in [5, 5.41) is 0. The third kappa shape index (κ3) is 11.9. The fourth-order valence-electron chi connectivity index (χ4n) is 1.65. The molecule has 0 rings (SSSR count). The van der Waals surface area contributed by atoms with Crippen LogP contribution >= 0.6 is 0 Å². The van der Waals surface area contributed by atoms with Gasteiger partial charge < -0.3 is 4.74 Å². The largest absolute Gasteiger partial charge is 0.381 e. The molecule has 0 aromatic heterocycles. The summed E-state index contributed by atoms with van der Waals surface area (Å²) in [7, 11) is 0. The van der Waals surface area contributed by atoms with Crippen LogP contribution in [0.4, 0.5) is 0 Å². The summed E-state index contributed by atoms with van der Waals surface area (Å²) >= 11 is 0. The summed E-state index contributed by atoms with van der Waals surface area (Å²) in [5.41, 5.74) is 0. The molecule has 0 aliphatic carbocycles. The first-order chi connectivity index (χ1) is 7.16. The second-order valence-electron chi connectivity index (χ2n) is 5.18. The molecule has 0 fully saturated rings. The Labute approximate surface area is 96.6 Å². The first-order valence-corrected chi connectivity index (χ1v) is 6.74. The van der Waals surface area contributed by atoms with Gasteiger partial charge in [-0.2, -0.15) is 0 Å². The van der Waals surface area contributed by atoms with E-state index in [1.807, 2.05) is 0 Å². The van der Waals surface area contributed by atoms with Crippen molar-refractivity contribution in [1.29, 1.82) is 0 Å². The number of hydrogen-bond donors (Lipinski definition) is 0. The zero-order valence-electron chi connectivity index (χ0n) is 11.2. The topological polar surface area (TPSA) is 9.23 Å². The van der Waals surface area contributed by atoms with E-state index in [-0.39, 0.29) is 0 Å². The minimum atomic E-state index is 0.838. The molecule has 92 valence electrons. The number of ether oxygens (including phenoxy) is 1. The van der Waals surface area contributed by atoms with Crippen LogP contribution in [-0.2, 0) is 4.74 Å². The van der Waals surface area contributed by atoms with Gasteiger partial charge >= 0.3 is 0 Å². The summed E-state index contributed by atoms with van der Waals surface area (Å²) in [5.74, 6) is 1.70. The predicted octanol–water partition coefficient (Wildman–Crippen LogP) is 4.66. The van der Waals surface area contributed by atoms with E-state index in [0.29, 0.717) is 0 Å². The molecule has 0 saturated carbocycles. The fraction of sp³-hybridized carbons (Fsp3) is 1.00. The van der Waals surface area contributed by atoms with Crippen molar-refractivity contribution < 1.29 is 4.74 Å². The molecule has 1 unspecified atom stereocenters. The van der Waals surface area contributed by atoms with Gasteiger partial charge in [0.2, 0.25) is 0 Å². The highest BCUT2D eigenvalue weighted by atomic mass is 16.5. The van der Waals surface area contributed by atoms with Crippen molar-refractivity contribution in [2.75, 3.05) is 13.2 Å². The van der Waals surface area contributed by atoms with Crippen molar-refractivity contribution >= 4 is 0 Å². The van der Waals surface area contributed by atoms with Gasteiger partial charge in [0.05, 0.1) is 0 Å². The summed E-state index contributed by atoms with van der Waals surface area (Å²) in [6.07, 6.45) is 7.82. The van der Waals surface area contributed by atoms with Crippen LogP contribution in [0.5, 0.6) is 0 Å². The minimum absolute atomic E-state index is 0.838. The highest BCUT2D eigenvalue weighted by Crippen LogP contribution is 2.15. The Hall–Kier alpha value is -0.0400. The first kappa shape index (κ1) is 15.0. The second kappa shape index (κ2) is 10.5. The Morgan fingerprint density at radius 2 is 1.60 bits per heavy atom. The monoisotopic (exact) mass is 214 g/mol. The van der Waals surface area contributed by atoms with Gasteiger partial charge in [0.15, 0.2) is 0 Å². The third-order valence-electron chi connectivity index (χ3n) is 2.88. The van der Waals surface area contributed by atoms with Crippen molar-refractivity contribution in [3.05, 3.63) is 0 Å². The lowest BCUT2D eigenvalue weighted by molar-refractivity contribution is 0.118. The van der Waals surface area contributed by atoms with Crippen molar-refractivity contribution in [1.82, 2.24) is 0 Å².